The number of amides is 1. The van der Waals surface area contributed by atoms with Crippen molar-refractivity contribution in [1.29, 1.82) is 0 Å². The van der Waals surface area contributed by atoms with Crippen molar-refractivity contribution in [2.24, 2.45) is 7.05 Å². The lowest BCUT2D eigenvalue weighted by atomic mass is 10.2. The smallest absolute Gasteiger partial charge is 0.280 e. The van der Waals surface area contributed by atoms with Gasteiger partial charge in [0.1, 0.15) is 11.3 Å². The van der Waals surface area contributed by atoms with E-state index < -0.39 is 11.6 Å². The van der Waals surface area contributed by atoms with Crippen molar-refractivity contribution in [2.75, 3.05) is 32.1 Å². The molecule has 3 rings (SSSR count). The fourth-order valence-corrected chi connectivity index (χ4v) is 3.62. The number of rotatable bonds is 5. The Morgan fingerprint density at radius 1 is 1.26 bits per heavy atom. The summed E-state index contributed by atoms with van der Waals surface area (Å²) in [6.07, 6.45) is 1.75. The number of likely N-dealkylation sites (N-methyl/N-ethyl adjacent to an activating group) is 1. The highest BCUT2D eigenvalue weighted by Gasteiger charge is 2.25. The second-order valence-corrected chi connectivity index (χ2v) is 7.33. The summed E-state index contributed by atoms with van der Waals surface area (Å²) in [7, 11) is 5.52. The second-order valence-electron chi connectivity index (χ2n) is 6.33. The van der Waals surface area contributed by atoms with E-state index >= 15 is 0 Å². The van der Waals surface area contributed by atoms with Crippen LogP contribution in [-0.4, -0.2) is 52.8 Å². The molecule has 0 fully saturated rings. The van der Waals surface area contributed by atoms with Crippen molar-refractivity contribution in [2.45, 2.75) is 6.92 Å². The number of benzene rings is 1. The van der Waals surface area contributed by atoms with Crippen LogP contribution in [0.5, 0.6) is 0 Å². The van der Waals surface area contributed by atoms with E-state index in [1.54, 1.807) is 24.9 Å². The molecular weight excluding hydrogens is 396 g/mol. The maximum atomic E-state index is 14.0. The molecule has 3 aromatic rings. The molecule has 1 amide bonds. The van der Waals surface area contributed by atoms with Crippen molar-refractivity contribution < 1.29 is 13.6 Å². The first-order valence-electron chi connectivity index (χ1n) is 7.98. The van der Waals surface area contributed by atoms with Gasteiger partial charge in [0.25, 0.3) is 5.91 Å². The Hall–Kier alpha value is -2.10. The summed E-state index contributed by atoms with van der Waals surface area (Å²) >= 11 is 1.08. The molecule has 27 heavy (non-hydrogen) atoms. The van der Waals surface area contributed by atoms with Gasteiger partial charge in [0, 0.05) is 38.0 Å². The van der Waals surface area contributed by atoms with E-state index in [1.165, 1.54) is 11.0 Å². The number of hydrogen-bond acceptors (Lipinski definition) is 5. The molecule has 146 valence electrons. The molecule has 0 radical (unpaired) electrons. The first kappa shape index (κ1) is 21.2. The van der Waals surface area contributed by atoms with Crippen LogP contribution in [0, 0.1) is 18.6 Å². The van der Waals surface area contributed by atoms with Gasteiger partial charge in [-0.2, -0.15) is 5.10 Å². The molecular formula is C17H20ClF2N5OS. The minimum absolute atomic E-state index is 0. The zero-order chi connectivity index (χ0) is 19.0. The summed E-state index contributed by atoms with van der Waals surface area (Å²) in [5.41, 5.74) is 1.12. The average Bonchev–Trinajstić information content (AvgIpc) is 3.10. The molecule has 0 bridgehead atoms. The summed E-state index contributed by atoms with van der Waals surface area (Å²) in [4.78, 5) is 20.7. The van der Waals surface area contributed by atoms with E-state index in [0.29, 0.717) is 28.6 Å². The third kappa shape index (κ3) is 4.42. The fraction of sp³-hybridized carbons (Fsp3) is 0.353. The molecule has 0 saturated heterocycles. The Morgan fingerprint density at radius 2 is 1.96 bits per heavy atom. The third-order valence-corrected chi connectivity index (χ3v) is 4.89. The highest BCUT2D eigenvalue weighted by molar-refractivity contribution is 7.22. The minimum Gasteiger partial charge on any atom is -0.308 e. The monoisotopic (exact) mass is 415 g/mol. The van der Waals surface area contributed by atoms with E-state index in [1.807, 2.05) is 19.0 Å². The molecule has 1 aromatic carbocycles. The molecule has 6 nitrogen and oxygen atoms in total. The van der Waals surface area contributed by atoms with Crippen LogP contribution in [0.3, 0.4) is 0 Å². The minimum atomic E-state index is -0.739. The second kappa shape index (κ2) is 8.28. The first-order valence-corrected chi connectivity index (χ1v) is 8.80. The maximum Gasteiger partial charge on any atom is 0.280 e. The zero-order valence-corrected chi connectivity index (χ0v) is 17.0. The number of aromatic nitrogens is 3. The molecule has 0 saturated carbocycles. The number of anilines is 1. The lowest BCUT2D eigenvalue weighted by molar-refractivity contribution is 0.0979. The van der Waals surface area contributed by atoms with Crippen molar-refractivity contribution in [3.8, 4) is 0 Å². The van der Waals surface area contributed by atoms with Crippen molar-refractivity contribution in [3.05, 3.63) is 41.2 Å². The number of fused-ring (bicyclic) bond motifs is 1. The Kier molecular flexibility index (Phi) is 6.50. The molecule has 0 N–H and O–H groups in total. The highest BCUT2D eigenvalue weighted by atomic mass is 35.5. The number of carbonyl (C=O) groups excluding carboxylic acids is 1. The van der Waals surface area contributed by atoms with Crippen molar-refractivity contribution in [3.63, 3.8) is 0 Å². The van der Waals surface area contributed by atoms with Gasteiger partial charge < -0.3 is 4.90 Å². The van der Waals surface area contributed by atoms with Crippen LogP contribution in [0.2, 0.25) is 0 Å². The SMILES string of the molecule is Cc1cn(C)nc1C(=O)N(CCN(C)C)c1nc2c(F)cc(F)cc2s1.Cl. The highest BCUT2D eigenvalue weighted by Crippen LogP contribution is 2.32. The van der Waals surface area contributed by atoms with E-state index in [2.05, 4.69) is 10.1 Å². The molecule has 2 aromatic heterocycles. The summed E-state index contributed by atoms with van der Waals surface area (Å²) in [6.45, 7) is 2.74. The van der Waals surface area contributed by atoms with Crippen LogP contribution in [0.1, 0.15) is 16.1 Å². The van der Waals surface area contributed by atoms with Crippen LogP contribution >= 0.6 is 23.7 Å². The normalized spacial score (nSPS) is 11.1. The van der Waals surface area contributed by atoms with Crippen LogP contribution < -0.4 is 4.90 Å². The third-order valence-electron chi connectivity index (χ3n) is 3.86. The van der Waals surface area contributed by atoms with E-state index in [-0.39, 0.29) is 23.8 Å². The summed E-state index contributed by atoms with van der Waals surface area (Å²) in [5.74, 6) is -1.72. The lowest BCUT2D eigenvalue weighted by Crippen LogP contribution is -2.37. The van der Waals surface area contributed by atoms with Crippen LogP contribution in [-0.2, 0) is 7.05 Å². The van der Waals surface area contributed by atoms with Gasteiger partial charge in [-0.15, -0.1) is 12.4 Å². The van der Waals surface area contributed by atoms with Crippen LogP contribution in [0.4, 0.5) is 13.9 Å². The number of nitrogens with zero attached hydrogens (tertiary/aromatic N) is 5. The predicted molar refractivity (Wildman–Crippen MR) is 105 cm³/mol. The number of carbonyl (C=O) groups is 1. The molecule has 0 spiro atoms. The van der Waals surface area contributed by atoms with Gasteiger partial charge in [0.15, 0.2) is 16.6 Å². The lowest BCUT2D eigenvalue weighted by Gasteiger charge is -2.21. The quantitative estimate of drug-likeness (QED) is 0.642. The van der Waals surface area contributed by atoms with Crippen molar-refractivity contribution >= 4 is 45.0 Å². The number of thiazole rings is 1. The number of aryl methyl sites for hydroxylation is 2. The van der Waals surface area contributed by atoms with Gasteiger partial charge in [-0.3, -0.25) is 14.4 Å². The molecule has 0 atom stereocenters. The van der Waals surface area contributed by atoms with Gasteiger partial charge in [-0.25, -0.2) is 13.8 Å². The summed E-state index contributed by atoms with van der Waals surface area (Å²) < 4.78 is 29.4. The van der Waals surface area contributed by atoms with Gasteiger partial charge >= 0.3 is 0 Å². The maximum absolute atomic E-state index is 14.0. The van der Waals surface area contributed by atoms with Gasteiger partial charge in [0.2, 0.25) is 0 Å². The van der Waals surface area contributed by atoms with Crippen LogP contribution in [0.25, 0.3) is 10.2 Å². The van der Waals surface area contributed by atoms with E-state index in [0.717, 1.165) is 23.0 Å². The first-order chi connectivity index (χ1) is 12.3. The molecule has 10 heteroatoms. The topological polar surface area (TPSA) is 54.3 Å². The predicted octanol–water partition coefficient (Wildman–Crippen LogP) is 3.25. The Balaban J connectivity index is 0.00000261. The fourth-order valence-electron chi connectivity index (χ4n) is 2.59. The summed E-state index contributed by atoms with van der Waals surface area (Å²) in [5, 5.41) is 4.54. The standard InChI is InChI=1S/C17H19F2N5OS.ClH/c1-10-9-23(4)21-14(10)16(25)24(6-5-22(2)3)17-20-15-12(19)7-11(18)8-13(15)26-17;/h7-9H,5-6H2,1-4H3;1H. The van der Waals surface area contributed by atoms with Gasteiger partial charge in [0.05, 0.1) is 4.70 Å². The average molecular weight is 416 g/mol. The van der Waals surface area contributed by atoms with Crippen molar-refractivity contribution in [1.82, 2.24) is 19.7 Å². The largest absolute Gasteiger partial charge is 0.308 e. The Bertz CT molecular complexity index is 972. The Labute approximate surface area is 165 Å². The van der Waals surface area contributed by atoms with E-state index in [9.17, 15) is 13.6 Å². The van der Waals surface area contributed by atoms with Gasteiger partial charge in [-0.1, -0.05) is 11.3 Å². The number of halogens is 3. The molecule has 0 aliphatic carbocycles. The van der Waals surface area contributed by atoms with E-state index in [4.69, 9.17) is 0 Å². The summed E-state index contributed by atoms with van der Waals surface area (Å²) in [6, 6.07) is 2.01. The molecule has 0 unspecified atom stereocenters. The Morgan fingerprint density at radius 3 is 2.56 bits per heavy atom. The zero-order valence-electron chi connectivity index (χ0n) is 15.4. The van der Waals surface area contributed by atoms with Crippen LogP contribution in [0.15, 0.2) is 18.3 Å². The number of hydrogen-bond donors (Lipinski definition) is 0. The molecule has 0 aliphatic rings. The molecule has 0 aliphatic heterocycles. The van der Waals surface area contributed by atoms with Gasteiger partial charge in [-0.05, 0) is 27.1 Å². The molecule has 2 heterocycles.